The molecule has 27 heavy (non-hydrogen) atoms. The van der Waals surface area contributed by atoms with Gasteiger partial charge in [0.1, 0.15) is 11.6 Å². The first-order valence-corrected chi connectivity index (χ1v) is 8.91. The quantitative estimate of drug-likeness (QED) is 0.741. The van der Waals surface area contributed by atoms with E-state index < -0.39 is 0 Å². The number of aromatic amines is 1. The molecule has 0 radical (unpaired) electrons. The van der Waals surface area contributed by atoms with Gasteiger partial charge in [-0.05, 0) is 50.1 Å². The predicted octanol–water partition coefficient (Wildman–Crippen LogP) is 3.52. The maximum Gasteiger partial charge on any atom is 0.231 e. The number of imidazole rings is 1. The van der Waals surface area contributed by atoms with Gasteiger partial charge in [0.15, 0.2) is 11.5 Å². The lowest BCUT2D eigenvalue weighted by molar-refractivity contribution is -0.117. The highest BCUT2D eigenvalue weighted by Gasteiger charge is 2.29. The fourth-order valence-electron chi connectivity index (χ4n) is 3.18. The summed E-state index contributed by atoms with van der Waals surface area (Å²) in [6, 6.07) is 9.54. The maximum absolute atomic E-state index is 12.0. The minimum absolute atomic E-state index is 0.0384. The maximum atomic E-state index is 12.0. The van der Waals surface area contributed by atoms with Crippen molar-refractivity contribution in [1.82, 2.24) is 15.0 Å². The van der Waals surface area contributed by atoms with Crippen LogP contribution in [-0.4, -0.2) is 27.7 Å². The molecule has 1 saturated carbocycles. The second kappa shape index (κ2) is 6.12. The van der Waals surface area contributed by atoms with Crippen molar-refractivity contribution < 1.29 is 14.3 Å². The van der Waals surface area contributed by atoms with Crippen LogP contribution in [-0.2, 0) is 4.79 Å². The Kier molecular flexibility index (Phi) is 3.60. The van der Waals surface area contributed by atoms with E-state index in [1.54, 1.807) is 6.20 Å². The van der Waals surface area contributed by atoms with Crippen LogP contribution in [0.1, 0.15) is 18.7 Å². The van der Waals surface area contributed by atoms with E-state index in [1.807, 2.05) is 37.3 Å². The van der Waals surface area contributed by atoms with Crippen LogP contribution in [0.2, 0.25) is 0 Å². The van der Waals surface area contributed by atoms with Crippen LogP contribution in [0.25, 0.3) is 22.5 Å². The molecule has 7 nitrogen and oxygen atoms in total. The molecule has 0 atom stereocenters. The van der Waals surface area contributed by atoms with E-state index in [0.29, 0.717) is 11.6 Å². The van der Waals surface area contributed by atoms with Crippen molar-refractivity contribution in [2.75, 3.05) is 12.1 Å². The van der Waals surface area contributed by atoms with Crippen LogP contribution in [0, 0.1) is 12.8 Å². The average molecular weight is 362 g/mol. The Morgan fingerprint density at radius 2 is 2.00 bits per heavy atom. The van der Waals surface area contributed by atoms with Crippen LogP contribution in [0.5, 0.6) is 11.5 Å². The number of nitrogens with one attached hydrogen (secondary N) is 2. The number of carbonyl (C=O) groups is 1. The molecule has 1 amide bonds. The molecule has 2 aliphatic rings. The topological polar surface area (TPSA) is 89.1 Å². The van der Waals surface area contributed by atoms with Gasteiger partial charge < -0.3 is 19.8 Å². The van der Waals surface area contributed by atoms with Crippen LogP contribution in [0.3, 0.4) is 0 Å². The summed E-state index contributed by atoms with van der Waals surface area (Å²) in [5.74, 6) is 2.98. The van der Waals surface area contributed by atoms with E-state index in [0.717, 1.165) is 46.9 Å². The van der Waals surface area contributed by atoms with Crippen molar-refractivity contribution >= 4 is 11.7 Å². The number of hydrogen-bond acceptors (Lipinski definition) is 5. The molecule has 136 valence electrons. The van der Waals surface area contributed by atoms with Crippen molar-refractivity contribution in [1.29, 1.82) is 0 Å². The van der Waals surface area contributed by atoms with Gasteiger partial charge in [0.05, 0.1) is 11.4 Å². The molecule has 2 aromatic heterocycles. The van der Waals surface area contributed by atoms with Gasteiger partial charge in [-0.15, -0.1) is 0 Å². The first-order valence-electron chi connectivity index (χ1n) is 8.91. The summed E-state index contributed by atoms with van der Waals surface area (Å²) >= 11 is 0. The van der Waals surface area contributed by atoms with E-state index in [1.165, 1.54) is 0 Å². The summed E-state index contributed by atoms with van der Waals surface area (Å²) in [5, 5.41) is 2.89. The molecule has 0 spiro atoms. The van der Waals surface area contributed by atoms with Gasteiger partial charge in [-0.2, -0.15) is 0 Å². The molecule has 1 fully saturated rings. The van der Waals surface area contributed by atoms with Crippen molar-refractivity contribution in [2.45, 2.75) is 19.8 Å². The number of aryl methyl sites for hydroxylation is 1. The zero-order valence-corrected chi connectivity index (χ0v) is 14.8. The third-order valence-electron chi connectivity index (χ3n) is 4.72. The van der Waals surface area contributed by atoms with E-state index in [4.69, 9.17) is 9.47 Å². The van der Waals surface area contributed by atoms with Crippen LogP contribution >= 0.6 is 0 Å². The molecule has 1 aliphatic heterocycles. The minimum atomic E-state index is 0.0384. The monoisotopic (exact) mass is 362 g/mol. The first-order chi connectivity index (χ1) is 13.2. The number of carbonyl (C=O) groups excluding carboxylic acids is 1. The van der Waals surface area contributed by atoms with Crippen molar-refractivity contribution in [3.63, 3.8) is 0 Å². The molecule has 3 aromatic rings. The number of rotatable bonds is 4. The molecule has 1 aliphatic carbocycles. The smallest absolute Gasteiger partial charge is 0.231 e. The molecule has 0 bridgehead atoms. The lowest BCUT2D eigenvalue weighted by atomic mass is 10.1. The van der Waals surface area contributed by atoms with Crippen molar-refractivity contribution in [3.8, 4) is 34.0 Å². The summed E-state index contributed by atoms with van der Waals surface area (Å²) in [4.78, 5) is 24.3. The summed E-state index contributed by atoms with van der Waals surface area (Å²) in [7, 11) is 0. The summed E-state index contributed by atoms with van der Waals surface area (Å²) in [6.45, 7) is 2.15. The van der Waals surface area contributed by atoms with Gasteiger partial charge in [-0.1, -0.05) is 0 Å². The zero-order valence-electron chi connectivity index (χ0n) is 14.8. The highest BCUT2D eigenvalue weighted by Crippen LogP contribution is 2.38. The van der Waals surface area contributed by atoms with E-state index in [9.17, 15) is 4.79 Å². The molecule has 7 heteroatoms. The molecule has 0 unspecified atom stereocenters. The summed E-state index contributed by atoms with van der Waals surface area (Å²) in [5.41, 5.74) is 3.52. The molecular formula is C20H18N4O3. The van der Waals surface area contributed by atoms with Crippen molar-refractivity contribution in [3.05, 3.63) is 42.4 Å². The van der Waals surface area contributed by atoms with Crippen LogP contribution < -0.4 is 14.8 Å². The lowest BCUT2D eigenvalue weighted by Gasteiger charge is -2.07. The van der Waals surface area contributed by atoms with E-state index >= 15 is 0 Å². The first kappa shape index (κ1) is 15.9. The third-order valence-corrected chi connectivity index (χ3v) is 4.72. The highest BCUT2D eigenvalue weighted by atomic mass is 16.7. The zero-order chi connectivity index (χ0) is 18.4. The van der Waals surface area contributed by atoms with Gasteiger partial charge >= 0.3 is 0 Å². The number of anilines is 1. The number of aromatic nitrogens is 3. The second-order valence-electron chi connectivity index (χ2n) is 6.81. The number of benzene rings is 1. The second-order valence-corrected chi connectivity index (χ2v) is 6.81. The van der Waals surface area contributed by atoms with E-state index in [-0.39, 0.29) is 18.6 Å². The van der Waals surface area contributed by atoms with Gasteiger partial charge in [0.2, 0.25) is 12.7 Å². The standard InChI is InChI=1S/C20H18N4O3/c1-11-22-18(13-4-5-15-16(8-13)27-10-26-15)19(23-11)14-6-7-21-17(9-14)24-20(25)12-2-3-12/h4-9,12H,2-3,10H2,1H3,(H,22,23)(H,21,24,25). The Morgan fingerprint density at radius 1 is 1.15 bits per heavy atom. The Hall–Kier alpha value is -3.35. The van der Waals surface area contributed by atoms with Crippen molar-refractivity contribution in [2.24, 2.45) is 5.92 Å². The Bertz CT molecular complexity index is 1040. The molecule has 1 aromatic carbocycles. The number of pyridine rings is 1. The Balaban J connectivity index is 1.51. The third kappa shape index (κ3) is 3.01. The average Bonchev–Trinajstić information content (AvgIpc) is 3.30. The Morgan fingerprint density at radius 3 is 2.85 bits per heavy atom. The minimum Gasteiger partial charge on any atom is -0.454 e. The number of H-pyrrole nitrogens is 1. The molecule has 2 N–H and O–H groups in total. The summed E-state index contributed by atoms with van der Waals surface area (Å²) < 4.78 is 10.9. The van der Waals surface area contributed by atoms with Gasteiger partial charge in [0.25, 0.3) is 0 Å². The van der Waals surface area contributed by atoms with Crippen LogP contribution in [0.15, 0.2) is 36.5 Å². The number of hydrogen-bond donors (Lipinski definition) is 2. The summed E-state index contributed by atoms with van der Waals surface area (Å²) in [6.07, 6.45) is 3.61. The number of ether oxygens (including phenoxy) is 2. The Labute approximate surface area is 155 Å². The van der Waals surface area contributed by atoms with Crippen LogP contribution in [0.4, 0.5) is 5.82 Å². The number of nitrogens with zero attached hydrogens (tertiary/aromatic N) is 2. The number of fused-ring (bicyclic) bond motifs is 1. The molecular weight excluding hydrogens is 344 g/mol. The molecule has 5 rings (SSSR count). The lowest BCUT2D eigenvalue weighted by Crippen LogP contribution is -2.14. The fraction of sp³-hybridized carbons (Fsp3) is 0.250. The van der Waals surface area contributed by atoms with E-state index in [2.05, 4.69) is 20.3 Å². The normalized spacial score (nSPS) is 15.0. The fourth-order valence-corrected chi connectivity index (χ4v) is 3.18. The largest absolute Gasteiger partial charge is 0.454 e. The molecule has 3 heterocycles. The van der Waals surface area contributed by atoms with Gasteiger partial charge in [0, 0.05) is 23.2 Å². The predicted molar refractivity (Wildman–Crippen MR) is 99.5 cm³/mol. The van der Waals surface area contributed by atoms with Gasteiger partial charge in [-0.25, -0.2) is 9.97 Å². The van der Waals surface area contributed by atoms with Gasteiger partial charge in [-0.3, -0.25) is 4.79 Å². The SMILES string of the molecule is Cc1nc(-c2ccc3c(c2)OCO3)c(-c2ccnc(NC(=O)C3CC3)c2)[nH]1. The molecule has 0 saturated heterocycles. The number of amides is 1. The highest BCUT2D eigenvalue weighted by molar-refractivity contribution is 5.94.